The number of nitrogens with one attached hydrogen (secondary N) is 2. The summed E-state index contributed by atoms with van der Waals surface area (Å²) in [6, 6.07) is 20.1. The van der Waals surface area contributed by atoms with Gasteiger partial charge in [-0.2, -0.15) is 0 Å². The molecule has 2 heterocycles. The van der Waals surface area contributed by atoms with E-state index in [1.807, 2.05) is 42.9 Å². The molecular weight excluding hydrogens is 428 g/mol. The molecule has 0 atom stereocenters. The van der Waals surface area contributed by atoms with Gasteiger partial charge in [0.2, 0.25) is 0 Å². The van der Waals surface area contributed by atoms with Crippen molar-refractivity contribution in [2.24, 2.45) is 0 Å². The molecule has 0 aliphatic heterocycles. The van der Waals surface area contributed by atoms with Crippen molar-refractivity contribution >= 4 is 5.91 Å². The van der Waals surface area contributed by atoms with Crippen LogP contribution >= 0.6 is 0 Å². The fourth-order valence-corrected chi connectivity index (χ4v) is 3.49. The van der Waals surface area contributed by atoms with Crippen LogP contribution in [0.2, 0.25) is 0 Å². The molecule has 8 heteroatoms. The molecule has 34 heavy (non-hydrogen) atoms. The summed E-state index contributed by atoms with van der Waals surface area (Å²) in [5, 5.41) is 10.4. The minimum absolute atomic E-state index is 0.187. The summed E-state index contributed by atoms with van der Waals surface area (Å²) in [5.41, 5.74) is 4.19. The van der Waals surface area contributed by atoms with Crippen LogP contribution < -0.4 is 10.6 Å². The van der Waals surface area contributed by atoms with Gasteiger partial charge in [-0.1, -0.05) is 46.4 Å². The minimum Gasteiger partial charge on any atom is -0.356 e. The summed E-state index contributed by atoms with van der Waals surface area (Å²) in [4.78, 5) is 20.1. The van der Waals surface area contributed by atoms with Crippen LogP contribution in [-0.4, -0.2) is 40.8 Å². The number of benzene rings is 2. The van der Waals surface area contributed by atoms with E-state index in [4.69, 9.17) is 4.52 Å². The van der Waals surface area contributed by atoms with Crippen LogP contribution in [0.25, 0.3) is 27.4 Å². The van der Waals surface area contributed by atoms with Crippen LogP contribution in [-0.2, 0) is 13.1 Å². The number of rotatable bonds is 10. The number of nitrogens with zero attached hydrogens (tertiary/aromatic N) is 4. The van der Waals surface area contributed by atoms with Gasteiger partial charge in [0.1, 0.15) is 5.69 Å². The van der Waals surface area contributed by atoms with Gasteiger partial charge < -0.3 is 19.7 Å². The normalized spacial score (nSPS) is 10.5. The second-order valence-corrected chi connectivity index (χ2v) is 7.75. The molecule has 4 aromatic rings. The van der Waals surface area contributed by atoms with E-state index in [1.54, 1.807) is 25.4 Å². The highest BCUT2D eigenvalue weighted by Gasteiger charge is 2.12. The Labute approximate surface area is 198 Å². The number of aryl methyl sites for hydroxylation is 1. The first kappa shape index (κ1) is 23.0. The molecule has 8 nitrogen and oxygen atoms in total. The number of hydrogen-bond acceptors (Lipinski definition) is 5. The van der Waals surface area contributed by atoms with Gasteiger partial charge in [0.05, 0.1) is 6.33 Å². The largest absolute Gasteiger partial charge is 0.356 e. The molecule has 2 aromatic carbocycles. The molecule has 172 valence electrons. The molecule has 0 saturated heterocycles. The monoisotopic (exact) mass is 455 g/mol. The molecule has 0 aliphatic carbocycles. The highest BCUT2D eigenvalue weighted by atomic mass is 16.5. The van der Waals surface area contributed by atoms with E-state index in [9.17, 15) is 4.79 Å². The molecule has 0 unspecified atom stereocenters. The number of aromatic nitrogens is 3. The SMILES string of the molecule is C[N+]#CCNC(=O)c1cccc(-c2cc(-c3ccc(CNCCCn4ccnc4)cc3)on2)c1. The van der Waals surface area contributed by atoms with E-state index in [0.717, 1.165) is 37.2 Å². The zero-order valence-electron chi connectivity index (χ0n) is 19.1. The Morgan fingerprint density at radius 3 is 2.82 bits per heavy atom. The molecule has 2 aromatic heterocycles. The quantitative estimate of drug-likeness (QED) is 0.278. The molecule has 1 amide bonds. The van der Waals surface area contributed by atoms with Crippen LogP contribution in [0.3, 0.4) is 0 Å². The third kappa shape index (κ3) is 6.18. The minimum atomic E-state index is -0.187. The van der Waals surface area contributed by atoms with E-state index in [-0.39, 0.29) is 12.5 Å². The molecule has 0 fully saturated rings. The van der Waals surface area contributed by atoms with Crippen molar-refractivity contribution in [1.29, 1.82) is 0 Å². The number of amides is 1. The van der Waals surface area contributed by atoms with Crippen molar-refractivity contribution in [3.05, 3.63) is 89.3 Å². The summed E-state index contributed by atoms with van der Waals surface area (Å²) in [6.45, 7) is 2.97. The first-order valence-electron chi connectivity index (χ1n) is 11.2. The van der Waals surface area contributed by atoms with E-state index in [0.29, 0.717) is 17.0 Å². The fourth-order valence-electron chi connectivity index (χ4n) is 3.49. The number of imidazole rings is 1. The maximum absolute atomic E-state index is 12.3. The first-order chi connectivity index (χ1) is 16.7. The lowest BCUT2D eigenvalue weighted by molar-refractivity contribution is 0.0958. The predicted octanol–water partition coefficient (Wildman–Crippen LogP) is 4.08. The molecular formula is C26H27N6O2+. The van der Waals surface area contributed by atoms with E-state index in [1.165, 1.54) is 5.56 Å². The van der Waals surface area contributed by atoms with Crippen LogP contribution in [0.5, 0.6) is 0 Å². The van der Waals surface area contributed by atoms with Crippen molar-refractivity contribution in [3.63, 3.8) is 0 Å². The highest BCUT2D eigenvalue weighted by molar-refractivity contribution is 5.95. The van der Waals surface area contributed by atoms with Crippen LogP contribution in [0.1, 0.15) is 22.3 Å². The molecule has 0 radical (unpaired) electrons. The second kappa shape index (κ2) is 11.6. The van der Waals surface area contributed by atoms with Gasteiger partial charge in [0, 0.05) is 48.2 Å². The summed E-state index contributed by atoms with van der Waals surface area (Å²) in [6.07, 6.45) is 6.66. The molecule has 4 rings (SSSR count). The van der Waals surface area contributed by atoms with Gasteiger partial charge in [0.15, 0.2) is 12.3 Å². The Morgan fingerprint density at radius 1 is 1.15 bits per heavy atom. The average Bonchev–Trinajstić information content (AvgIpc) is 3.57. The zero-order chi connectivity index (χ0) is 23.6. The fraction of sp³-hybridized carbons (Fsp3) is 0.231. The van der Waals surface area contributed by atoms with Crippen molar-refractivity contribution in [2.75, 3.05) is 20.1 Å². The number of carbonyl (C=O) groups excluding carboxylic acids is 1. The predicted molar refractivity (Wildman–Crippen MR) is 131 cm³/mol. The molecule has 0 aliphatic rings. The van der Waals surface area contributed by atoms with Gasteiger partial charge in [-0.25, -0.2) is 4.98 Å². The maximum atomic E-state index is 12.3. The van der Waals surface area contributed by atoms with Crippen molar-refractivity contribution in [1.82, 2.24) is 25.3 Å². The van der Waals surface area contributed by atoms with Crippen molar-refractivity contribution in [2.45, 2.75) is 19.5 Å². The Hall–Kier alpha value is -4.22. The molecule has 2 N–H and O–H groups in total. The lowest BCUT2D eigenvalue weighted by Crippen LogP contribution is -2.23. The van der Waals surface area contributed by atoms with Gasteiger partial charge >= 0.3 is 0 Å². The number of carbonyl (C=O) groups is 1. The Balaban J connectivity index is 1.32. The van der Waals surface area contributed by atoms with Crippen LogP contribution in [0, 0.1) is 6.07 Å². The lowest BCUT2D eigenvalue weighted by atomic mass is 10.1. The first-order valence-corrected chi connectivity index (χ1v) is 11.2. The topological polar surface area (TPSA) is 89.3 Å². The van der Waals surface area contributed by atoms with Crippen molar-refractivity contribution < 1.29 is 9.32 Å². The Morgan fingerprint density at radius 2 is 2.03 bits per heavy atom. The second-order valence-electron chi connectivity index (χ2n) is 7.75. The summed E-state index contributed by atoms with van der Waals surface area (Å²) >= 11 is 0. The zero-order valence-corrected chi connectivity index (χ0v) is 19.1. The summed E-state index contributed by atoms with van der Waals surface area (Å²) in [5.74, 6) is 0.492. The van der Waals surface area contributed by atoms with Gasteiger partial charge in [-0.05, 0) is 30.7 Å². The standard InChI is InChI=1S/C26H26N6O2/c1-27-11-12-30-26(33)23-5-2-4-22(16-23)24-17-25(34-31-24)21-8-6-20(7-9-21)18-28-10-3-14-32-15-13-29-19-32/h2,4-9,13,15-17,19,28H,3,10,12,14,18H2,1H3/p+1. The summed E-state index contributed by atoms with van der Waals surface area (Å²) < 4.78 is 7.66. The van der Waals surface area contributed by atoms with E-state index in [2.05, 4.69) is 48.4 Å². The smallest absolute Gasteiger partial charge is 0.293 e. The third-order valence-electron chi connectivity index (χ3n) is 5.31. The van der Waals surface area contributed by atoms with Gasteiger partial charge in [-0.15, -0.1) is 0 Å². The highest BCUT2D eigenvalue weighted by Crippen LogP contribution is 2.26. The third-order valence-corrected chi connectivity index (χ3v) is 5.31. The van der Waals surface area contributed by atoms with Gasteiger partial charge in [-0.3, -0.25) is 4.79 Å². The maximum Gasteiger partial charge on any atom is 0.293 e. The average molecular weight is 456 g/mol. The molecule has 0 saturated carbocycles. The van der Waals surface area contributed by atoms with E-state index >= 15 is 0 Å². The Kier molecular flexibility index (Phi) is 7.82. The van der Waals surface area contributed by atoms with Gasteiger partial charge in [0.25, 0.3) is 19.0 Å². The van der Waals surface area contributed by atoms with Crippen LogP contribution in [0.4, 0.5) is 0 Å². The number of hydrogen-bond donors (Lipinski definition) is 2. The van der Waals surface area contributed by atoms with Crippen LogP contribution in [0.15, 0.2) is 77.8 Å². The molecule has 0 bridgehead atoms. The Bertz CT molecular complexity index is 1270. The van der Waals surface area contributed by atoms with E-state index < -0.39 is 0 Å². The molecule has 0 spiro atoms. The summed E-state index contributed by atoms with van der Waals surface area (Å²) in [7, 11) is 1.62. The lowest BCUT2D eigenvalue weighted by Gasteiger charge is -2.06. The van der Waals surface area contributed by atoms with Crippen molar-refractivity contribution in [3.8, 4) is 28.7 Å².